The zero-order valence-corrected chi connectivity index (χ0v) is 21.7. The number of carbonyl (C=O) groups is 2. The van der Waals surface area contributed by atoms with Crippen LogP contribution in [-0.4, -0.2) is 35.1 Å². The van der Waals surface area contributed by atoms with Crippen LogP contribution in [0.3, 0.4) is 0 Å². The maximum Gasteiger partial charge on any atom is 0.407 e. The van der Waals surface area contributed by atoms with Crippen LogP contribution in [0.4, 0.5) is 10.5 Å². The second kappa shape index (κ2) is 10.2. The van der Waals surface area contributed by atoms with Crippen LogP contribution < -0.4 is 10.6 Å². The molecule has 2 N–H and O–H groups in total. The molecule has 0 unspecified atom stereocenters. The van der Waals surface area contributed by atoms with E-state index in [0.29, 0.717) is 5.92 Å². The minimum atomic E-state index is -0.566. The van der Waals surface area contributed by atoms with E-state index in [1.807, 2.05) is 20.8 Å². The average Bonchev–Trinajstić information content (AvgIpc) is 2.87. The van der Waals surface area contributed by atoms with Crippen molar-refractivity contribution in [2.24, 2.45) is 11.8 Å². The second-order valence-electron chi connectivity index (χ2n) is 11.5. The highest BCUT2D eigenvalue weighted by atomic mass is 16.6. The van der Waals surface area contributed by atoms with Crippen molar-refractivity contribution in [2.45, 2.75) is 83.0 Å². The Labute approximate surface area is 214 Å². The highest BCUT2D eigenvalue weighted by Gasteiger charge is 2.46. The number of alkyl carbamates (subject to hydrolysis) is 1. The van der Waals surface area contributed by atoms with Crippen molar-refractivity contribution in [3.63, 3.8) is 0 Å². The maximum atomic E-state index is 14.3. The summed E-state index contributed by atoms with van der Waals surface area (Å²) in [6.07, 6.45) is 5.25. The molecule has 1 saturated carbocycles. The molecular formula is C30H39N3O3. The van der Waals surface area contributed by atoms with Gasteiger partial charge in [0.05, 0.1) is 18.0 Å². The Bertz CT molecular complexity index is 1080. The first-order valence-corrected chi connectivity index (χ1v) is 13.5. The lowest BCUT2D eigenvalue weighted by Crippen LogP contribution is -2.54. The number of para-hydroxylation sites is 1. The number of hydrogen-bond acceptors (Lipinski definition) is 4. The molecule has 6 heteroatoms. The standard InChI is InChI=1S/C30H39N3O3/c1-30(2,3)36-29(35)32-25-18-10-8-15-22(25)28(34)33-19-11-16-23-26(20-12-5-4-6-13-20)31-24-17-9-7-14-21(24)27(23)33/h4-7,9,12-14,17,22-23,25-27,31H,8,10-11,15-16,18-19H2,1-3H3,(H,32,35)/t22-,23-,25+,26+,27+/m0/s1. The maximum absolute atomic E-state index is 14.3. The molecule has 0 radical (unpaired) electrons. The lowest BCUT2D eigenvalue weighted by Gasteiger charge is -2.50. The number of hydrogen-bond donors (Lipinski definition) is 2. The number of ether oxygens (including phenoxy) is 1. The summed E-state index contributed by atoms with van der Waals surface area (Å²) in [4.78, 5) is 29.0. The van der Waals surface area contributed by atoms with Gasteiger partial charge in [0, 0.05) is 24.2 Å². The SMILES string of the molecule is CC(C)(C)OC(=O)N[C@@H]1CCCC[C@@H]1C(=O)N1CCC[C@H]2[C@@H](c3ccccc3)Nc3ccccc3[C@H]21. The van der Waals surface area contributed by atoms with Gasteiger partial charge in [-0.1, -0.05) is 61.4 Å². The molecule has 5 atom stereocenters. The van der Waals surface area contributed by atoms with E-state index in [-0.39, 0.29) is 30.0 Å². The van der Waals surface area contributed by atoms with E-state index in [9.17, 15) is 9.59 Å². The van der Waals surface area contributed by atoms with Crippen LogP contribution in [0.2, 0.25) is 0 Å². The van der Waals surface area contributed by atoms with Gasteiger partial charge in [0.1, 0.15) is 5.60 Å². The predicted octanol–water partition coefficient (Wildman–Crippen LogP) is 6.22. The Morgan fingerprint density at radius 3 is 2.44 bits per heavy atom. The van der Waals surface area contributed by atoms with Crippen molar-refractivity contribution in [1.29, 1.82) is 0 Å². The lowest BCUT2D eigenvalue weighted by molar-refractivity contribution is -0.143. The topological polar surface area (TPSA) is 70.7 Å². The van der Waals surface area contributed by atoms with E-state index >= 15 is 0 Å². The Hall–Kier alpha value is -3.02. The van der Waals surface area contributed by atoms with Gasteiger partial charge in [0.15, 0.2) is 0 Å². The Morgan fingerprint density at radius 2 is 1.67 bits per heavy atom. The summed E-state index contributed by atoms with van der Waals surface area (Å²) in [6, 6.07) is 19.0. The Balaban J connectivity index is 1.43. The lowest BCUT2D eigenvalue weighted by atomic mass is 9.73. The Kier molecular flexibility index (Phi) is 6.96. The largest absolute Gasteiger partial charge is 0.444 e. The molecule has 0 bridgehead atoms. The molecule has 6 nitrogen and oxygen atoms in total. The van der Waals surface area contributed by atoms with Gasteiger partial charge in [0.25, 0.3) is 0 Å². The molecule has 1 saturated heterocycles. The van der Waals surface area contributed by atoms with Crippen molar-refractivity contribution in [1.82, 2.24) is 10.2 Å². The summed E-state index contributed by atoms with van der Waals surface area (Å²) in [5, 5.41) is 6.85. The molecule has 1 aliphatic carbocycles. The number of amides is 2. The van der Waals surface area contributed by atoms with Gasteiger partial charge >= 0.3 is 6.09 Å². The summed E-state index contributed by atoms with van der Waals surface area (Å²) in [6.45, 7) is 6.34. The van der Waals surface area contributed by atoms with Crippen molar-refractivity contribution in [3.8, 4) is 0 Å². The fraction of sp³-hybridized carbons (Fsp3) is 0.533. The van der Waals surface area contributed by atoms with Crippen LogP contribution in [0.5, 0.6) is 0 Å². The average molecular weight is 490 g/mol. The van der Waals surface area contributed by atoms with Crippen LogP contribution in [-0.2, 0) is 9.53 Å². The highest BCUT2D eigenvalue weighted by Crippen LogP contribution is 2.50. The van der Waals surface area contributed by atoms with E-state index in [1.54, 1.807) is 0 Å². The summed E-state index contributed by atoms with van der Waals surface area (Å²) in [5.41, 5.74) is 3.01. The van der Waals surface area contributed by atoms with E-state index in [0.717, 1.165) is 50.8 Å². The molecule has 2 heterocycles. The number of carbonyl (C=O) groups excluding carboxylic acids is 2. The predicted molar refractivity (Wildman–Crippen MR) is 142 cm³/mol. The number of benzene rings is 2. The zero-order chi connectivity index (χ0) is 25.3. The molecule has 192 valence electrons. The van der Waals surface area contributed by atoms with Crippen molar-refractivity contribution in [3.05, 3.63) is 65.7 Å². The number of likely N-dealkylation sites (tertiary alicyclic amines) is 1. The third kappa shape index (κ3) is 5.09. The van der Waals surface area contributed by atoms with Crippen LogP contribution >= 0.6 is 0 Å². The molecule has 2 fully saturated rings. The van der Waals surface area contributed by atoms with Crippen molar-refractivity contribution < 1.29 is 14.3 Å². The smallest absolute Gasteiger partial charge is 0.407 e. The Morgan fingerprint density at radius 1 is 0.944 bits per heavy atom. The first-order chi connectivity index (χ1) is 17.3. The number of nitrogens with one attached hydrogen (secondary N) is 2. The summed E-state index contributed by atoms with van der Waals surface area (Å²) < 4.78 is 5.53. The number of anilines is 1. The summed E-state index contributed by atoms with van der Waals surface area (Å²) in [7, 11) is 0. The molecule has 3 aliphatic rings. The minimum Gasteiger partial charge on any atom is -0.444 e. The van der Waals surface area contributed by atoms with E-state index < -0.39 is 11.7 Å². The molecule has 0 aromatic heterocycles. The third-order valence-corrected chi connectivity index (χ3v) is 7.92. The van der Waals surface area contributed by atoms with E-state index in [4.69, 9.17) is 4.74 Å². The quantitative estimate of drug-likeness (QED) is 0.537. The van der Waals surface area contributed by atoms with E-state index in [2.05, 4.69) is 70.1 Å². The van der Waals surface area contributed by atoms with E-state index in [1.165, 1.54) is 11.1 Å². The fourth-order valence-corrected chi connectivity index (χ4v) is 6.44. The van der Waals surface area contributed by atoms with Crippen molar-refractivity contribution >= 4 is 17.7 Å². The molecule has 36 heavy (non-hydrogen) atoms. The normalized spacial score (nSPS) is 27.8. The molecular weight excluding hydrogens is 450 g/mol. The summed E-state index contributed by atoms with van der Waals surface area (Å²) >= 11 is 0. The van der Waals surface area contributed by atoms with Gasteiger partial charge in [-0.3, -0.25) is 4.79 Å². The fourth-order valence-electron chi connectivity index (χ4n) is 6.44. The van der Waals surface area contributed by atoms with Gasteiger partial charge in [-0.15, -0.1) is 0 Å². The first kappa shape index (κ1) is 24.7. The van der Waals surface area contributed by atoms with Gasteiger partial charge < -0.3 is 20.3 Å². The monoisotopic (exact) mass is 489 g/mol. The molecule has 2 aliphatic heterocycles. The van der Waals surface area contributed by atoms with Gasteiger partial charge in [-0.2, -0.15) is 0 Å². The first-order valence-electron chi connectivity index (χ1n) is 13.5. The van der Waals surface area contributed by atoms with Gasteiger partial charge in [0.2, 0.25) is 5.91 Å². The van der Waals surface area contributed by atoms with Crippen LogP contribution in [0.25, 0.3) is 0 Å². The van der Waals surface area contributed by atoms with Crippen LogP contribution in [0.1, 0.15) is 82.5 Å². The molecule has 2 aromatic carbocycles. The number of rotatable bonds is 3. The molecule has 0 spiro atoms. The number of fused-ring (bicyclic) bond motifs is 3. The second-order valence-corrected chi connectivity index (χ2v) is 11.5. The minimum absolute atomic E-state index is 0.0259. The van der Waals surface area contributed by atoms with Crippen molar-refractivity contribution in [2.75, 3.05) is 11.9 Å². The number of nitrogens with zero attached hydrogens (tertiary/aromatic N) is 1. The summed E-state index contributed by atoms with van der Waals surface area (Å²) in [5.74, 6) is 0.247. The van der Waals surface area contributed by atoms with Crippen LogP contribution in [0.15, 0.2) is 54.6 Å². The molecule has 2 aromatic rings. The highest BCUT2D eigenvalue weighted by molar-refractivity contribution is 5.82. The zero-order valence-electron chi connectivity index (χ0n) is 21.7. The van der Waals surface area contributed by atoms with Gasteiger partial charge in [-0.05, 0) is 63.6 Å². The molecule has 2 amide bonds. The van der Waals surface area contributed by atoms with Gasteiger partial charge in [-0.25, -0.2) is 4.79 Å². The van der Waals surface area contributed by atoms with Crippen LogP contribution in [0, 0.1) is 11.8 Å². The third-order valence-electron chi connectivity index (χ3n) is 7.92. The molecule has 5 rings (SSSR count). The number of piperidine rings is 1.